The molecule has 1 aromatic heterocycles. The van der Waals surface area contributed by atoms with Crippen molar-refractivity contribution in [3.05, 3.63) is 33.8 Å². The largest absolute Gasteiger partial charge is 0.497 e. The van der Waals surface area contributed by atoms with Gasteiger partial charge in [0.25, 0.3) is 5.91 Å². The van der Waals surface area contributed by atoms with Crippen molar-refractivity contribution in [2.24, 2.45) is 0 Å². The van der Waals surface area contributed by atoms with Crippen LogP contribution in [0.25, 0.3) is 0 Å². The van der Waals surface area contributed by atoms with Gasteiger partial charge in [0.2, 0.25) is 0 Å². The molecule has 0 fully saturated rings. The van der Waals surface area contributed by atoms with Crippen LogP contribution in [0.1, 0.15) is 41.1 Å². The van der Waals surface area contributed by atoms with E-state index in [2.05, 4.69) is 31.1 Å². The Morgan fingerprint density at radius 3 is 2.59 bits per heavy atom. The molecule has 0 spiro atoms. The second-order valence-corrected chi connectivity index (χ2v) is 7.09. The number of aromatic nitrogens is 1. The fourth-order valence-corrected chi connectivity index (χ4v) is 2.90. The minimum absolute atomic E-state index is 0.0804. The molecule has 118 valence electrons. The monoisotopic (exact) mass is 319 g/mol. The zero-order valence-electron chi connectivity index (χ0n) is 13.5. The third kappa shape index (κ3) is 3.39. The van der Waals surface area contributed by atoms with Crippen molar-refractivity contribution >= 4 is 28.6 Å². The number of nitrogens with one attached hydrogen (secondary N) is 1. The van der Waals surface area contributed by atoms with Crippen LogP contribution in [-0.4, -0.2) is 18.0 Å². The van der Waals surface area contributed by atoms with Crippen LogP contribution < -0.4 is 15.8 Å². The third-order valence-corrected chi connectivity index (χ3v) is 4.74. The lowest BCUT2D eigenvalue weighted by atomic mass is 9.98. The van der Waals surface area contributed by atoms with E-state index in [-0.39, 0.29) is 11.3 Å². The molecule has 0 radical (unpaired) electrons. The lowest BCUT2D eigenvalue weighted by molar-refractivity contribution is 0.103. The molecule has 3 N–H and O–H groups in total. The van der Waals surface area contributed by atoms with E-state index in [1.165, 1.54) is 11.3 Å². The number of ether oxygens (including phenoxy) is 1. The number of hydrogen-bond acceptors (Lipinski definition) is 5. The first-order valence-corrected chi connectivity index (χ1v) is 7.77. The number of methoxy groups -OCH3 is 1. The first kappa shape index (κ1) is 16.3. The van der Waals surface area contributed by atoms with Gasteiger partial charge in [-0.1, -0.05) is 20.8 Å². The summed E-state index contributed by atoms with van der Waals surface area (Å²) in [6.45, 7) is 8.07. The van der Waals surface area contributed by atoms with Crippen LogP contribution in [0.15, 0.2) is 18.2 Å². The predicted octanol–water partition coefficient (Wildman–Crippen LogP) is 3.59. The average Bonchev–Trinajstić information content (AvgIpc) is 2.83. The summed E-state index contributed by atoms with van der Waals surface area (Å²) in [5.74, 6) is 0.436. The fraction of sp³-hybridized carbons (Fsp3) is 0.375. The summed E-state index contributed by atoms with van der Waals surface area (Å²) >= 11 is 1.41. The van der Waals surface area contributed by atoms with Gasteiger partial charge in [0.1, 0.15) is 10.6 Å². The van der Waals surface area contributed by atoms with Gasteiger partial charge in [-0.25, -0.2) is 4.98 Å². The third-order valence-electron chi connectivity index (χ3n) is 3.15. The highest BCUT2D eigenvalue weighted by Gasteiger charge is 2.23. The van der Waals surface area contributed by atoms with Crippen LogP contribution in [0.4, 0.5) is 11.4 Å². The zero-order valence-corrected chi connectivity index (χ0v) is 14.3. The van der Waals surface area contributed by atoms with Gasteiger partial charge in [-0.3, -0.25) is 4.79 Å². The maximum Gasteiger partial charge on any atom is 0.267 e. The number of carbonyl (C=O) groups excluding carboxylic acids is 1. The lowest BCUT2D eigenvalue weighted by Crippen LogP contribution is -2.13. The van der Waals surface area contributed by atoms with Crippen molar-refractivity contribution in [1.29, 1.82) is 0 Å². The SMILES string of the molecule is COc1ccc(N)c(NC(=O)c2sc(C(C)(C)C)nc2C)c1. The molecule has 0 bridgehead atoms. The summed E-state index contributed by atoms with van der Waals surface area (Å²) in [7, 11) is 1.57. The number of thiazole rings is 1. The number of benzene rings is 1. The summed E-state index contributed by atoms with van der Waals surface area (Å²) in [6, 6.07) is 5.16. The molecule has 6 heteroatoms. The number of aryl methyl sites for hydroxylation is 1. The molecule has 2 rings (SSSR count). The standard InChI is InChI=1S/C16H21N3O2S/c1-9-13(22-15(18-9)16(2,3)4)14(20)19-12-8-10(21-5)6-7-11(12)17/h6-8H,17H2,1-5H3,(H,19,20). The molecule has 0 atom stereocenters. The van der Waals surface area contributed by atoms with Gasteiger partial charge >= 0.3 is 0 Å². The topological polar surface area (TPSA) is 77.2 Å². The van der Waals surface area contributed by atoms with E-state index in [1.807, 2.05) is 6.92 Å². The van der Waals surface area contributed by atoms with Crippen molar-refractivity contribution in [3.63, 3.8) is 0 Å². The molecular weight excluding hydrogens is 298 g/mol. The summed E-state index contributed by atoms with van der Waals surface area (Å²) in [4.78, 5) is 17.6. The molecule has 0 aliphatic rings. The molecule has 1 aromatic carbocycles. The first-order chi connectivity index (χ1) is 10.2. The molecule has 1 amide bonds. The second-order valence-electron chi connectivity index (χ2n) is 6.09. The Balaban J connectivity index is 2.28. The molecule has 0 saturated heterocycles. The number of nitrogen functional groups attached to an aromatic ring is 1. The molecule has 2 aromatic rings. The second kappa shape index (κ2) is 5.96. The van der Waals surface area contributed by atoms with E-state index in [9.17, 15) is 4.79 Å². The number of nitrogens with zero attached hydrogens (tertiary/aromatic N) is 1. The quantitative estimate of drug-likeness (QED) is 0.848. The smallest absolute Gasteiger partial charge is 0.267 e. The van der Waals surface area contributed by atoms with E-state index in [0.29, 0.717) is 22.0 Å². The minimum atomic E-state index is -0.203. The Labute approximate surface area is 134 Å². The van der Waals surface area contributed by atoms with E-state index in [0.717, 1.165) is 10.7 Å². The van der Waals surface area contributed by atoms with E-state index in [4.69, 9.17) is 10.5 Å². The number of rotatable bonds is 3. The lowest BCUT2D eigenvalue weighted by Gasteiger charge is -2.13. The van der Waals surface area contributed by atoms with E-state index < -0.39 is 0 Å². The summed E-state index contributed by atoms with van der Waals surface area (Å²) in [5.41, 5.74) is 7.58. The van der Waals surface area contributed by atoms with Crippen molar-refractivity contribution in [2.45, 2.75) is 33.1 Å². The van der Waals surface area contributed by atoms with E-state index in [1.54, 1.807) is 25.3 Å². The minimum Gasteiger partial charge on any atom is -0.497 e. The van der Waals surface area contributed by atoms with Crippen molar-refractivity contribution < 1.29 is 9.53 Å². The summed E-state index contributed by atoms with van der Waals surface area (Å²) in [6.07, 6.45) is 0. The highest BCUT2D eigenvalue weighted by atomic mass is 32.1. The Morgan fingerprint density at radius 1 is 1.36 bits per heavy atom. The van der Waals surface area contributed by atoms with Crippen LogP contribution in [-0.2, 0) is 5.41 Å². The molecular formula is C16H21N3O2S. The average molecular weight is 319 g/mol. The molecule has 0 aliphatic heterocycles. The Hall–Kier alpha value is -2.08. The van der Waals surface area contributed by atoms with Crippen LogP contribution in [0.5, 0.6) is 5.75 Å². The molecule has 0 saturated carbocycles. The van der Waals surface area contributed by atoms with Crippen LogP contribution in [0.3, 0.4) is 0 Å². The van der Waals surface area contributed by atoms with Gasteiger partial charge in [-0.05, 0) is 19.1 Å². The number of carbonyl (C=O) groups is 1. The van der Waals surface area contributed by atoms with Crippen LogP contribution >= 0.6 is 11.3 Å². The van der Waals surface area contributed by atoms with Gasteiger partial charge in [-0.2, -0.15) is 0 Å². The number of anilines is 2. The molecule has 5 nitrogen and oxygen atoms in total. The van der Waals surface area contributed by atoms with Crippen molar-refractivity contribution in [2.75, 3.05) is 18.2 Å². The number of amides is 1. The summed E-state index contributed by atoms with van der Waals surface area (Å²) in [5, 5.41) is 3.77. The molecule has 0 unspecified atom stereocenters. The Kier molecular flexibility index (Phi) is 4.42. The highest BCUT2D eigenvalue weighted by Crippen LogP contribution is 2.31. The Morgan fingerprint density at radius 2 is 2.05 bits per heavy atom. The van der Waals surface area contributed by atoms with Gasteiger partial charge < -0.3 is 15.8 Å². The summed E-state index contributed by atoms with van der Waals surface area (Å²) < 4.78 is 5.15. The molecule has 22 heavy (non-hydrogen) atoms. The van der Waals surface area contributed by atoms with E-state index >= 15 is 0 Å². The predicted molar refractivity (Wildman–Crippen MR) is 90.9 cm³/mol. The van der Waals surface area contributed by atoms with Crippen molar-refractivity contribution in [3.8, 4) is 5.75 Å². The normalized spacial score (nSPS) is 11.3. The van der Waals surface area contributed by atoms with Gasteiger partial charge in [0.05, 0.1) is 29.2 Å². The first-order valence-electron chi connectivity index (χ1n) is 6.95. The van der Waals surface area contributed by atoms with Crippen molar-refractivity contribution in [1.82, 2.24) is 4.98 Å². The molecule has 1 heterocycles. The van der Waals surface area contributed by atoms with Gasteiger partial charge in [0, 0.05) is 11.5 Å². The maximum atomic E-state index is 12.5. The van der Waals surface area contributed by atoms with Crippen LogP contribution in [0.2, 0.25) is 0 Å². The Bertz CT molecular complexity index is 702. The van der Waals surface area contributed by atoms with Gasteiger partial charge in [-0.15, -0.1) is 11.3 Å². The number of hydrogen-bond donors (Lipinski definition) is 2. The number of nitrogens with two attached hydrogens (primary N) is 1. The highest BCUT2D eigenvalue weighted by molar-refractivity contribution is 7.14. The maximum absolute atomic E-state index is 12.5. The van der Waals surface area contributed by atoms with Gasteiger partial charge in [0.15, 0.2) is 0 Å². The fourth-order valence-electron chi connectivity index (χ4n) is 1.88. The molecule has 0 aliphatic carbocycles. The van der Waals surface area contributed by atoms with Crippen LogP contribution in [0, 0.1) is 6.92 Å². The zero-order chi connectivity index (χ0) is 16.5.